The molecule has 0 saturated carbocycles. The summed E-state index contributed by atoms with van der Waals surface area (Å²) in [6.07, 6.45) is 3.01. The lowest BCUT2D eigenvalue weighted by atomic mass is 10.1. The fourth-order valence-corrected chi connectivity index (χ4v) is 3.38. The summed E-state index contributed by atoms with van der Waals surface area (Å²) in [7, 11) is 0. The molecule has 2 aliphatic heterocycles. The van der Waals surface area contributed by atoms with Crippen molar-refractivity contribution in [2.24, 2.45) is 0 Å². The van der Waals surface area contributed by atoms with Crippen LogP contribution in [-0.4, -0.2) is 61.1 Å². The van der Waals surface area contributed by atoms with Crippen molar-refractivity contribution in [3.05, 3.63) is 0 Å². The van der Waals surface area contributed by atoms with Crippen molar-refractivity contribution in [2.45, 2.75) is 25.3 Å². The maximum Gasteiger partial charge on any atom is 0.221 e. The lowest BCUT2D eigenvalue weighted by Gasteiger charge is -2.26. The second-order valence-electron chi connectivity index (χ2n) is 4.80. The fourth-order valence-electron chi connectivity index (χ4n) is 2.41. The van der Waals surface area contributed by atoms with Gasteiger partial charge in [-0.1, -0.05) is 0 Å². The second kappa shape index (κ2) is 7.24. The van der Waals surface area contributed by atoms with Gasteiger partial charge in [-0.2, -0.15) is 11.8 Å². The minimum atomic E-state index is 0.204. The largest absolute Gasteiger partial charge is 0.355 e. The van der Waals surface area contributed by atoms with Gasteiger partial charge in [-0.05, 0) is 19.4 Å². The first kappa shape index (κ1) is 13.2. The average Bonchev–Trinajstić information content (AvgIpc) is 2.83. The summed E-state index contributed by atoms with van der Waals surface area (Å²) in [6.45, 7) is 5.22. The zero-order valence-corrected chi connectivity index (χ0v) is 11.2. The Labute approximate surface area is 108 Å². The van der Waals surface area contributed by atoms with E-state index in [9.17, 15) is 4.79 Å². The van der Waals surface area contributed by atoms with E-state index in [1.165, 1.54) is 31.0 Å². The number of hydrogen-bond acceptors (Lipinski definition) is 4. The molecule has 2 fully saturated rings. The van der Waals surface area contributed by atoms with Crippen LogP contribution in [0.4, 0.5) is 0 Å². The minimum Gasteiger partial charge on any atom is -0.355 e. The van der Waals surface area contributed by atoms with Crippen LogP contribution >= 0.6 is 11.8 Å². The maximum atomic E-state index is 11.7. The van der Waals surface area contributed by atoms with Gasteiger partial charge in [0.2, 0.25) is 5.91 Å². The minimum absolute atomic E-state index is 0.204. The smallest absolute Gasteiger partial charge is 0.221 e. The zero-order chi connectivity index (χ0) is 11.9. The number of hydrogen-bond donors (Lipinski definition) is 2. The summed E-state index contributed by atoms with van der Waals surface area (Å²) in [5.41, 5.74) is 0. The molecule has 4 nitrogen and oxygen atoms in total. The van der Waals surface area contributed by atoms with Crippen LogP contribution in [0.3, 0.4) is 0 Å². The molecule has 0 spiro atoms. The number of nitrogens with one attached hydrogen (secondary N) is 2. The van der Waals surface area contributed by atoms with E-state index < -0.39 is 0 Å². The molecule has 0 aromatic heterocycles. The molecule has 0 aromatic carbocycles. The van der Waals surface area contributed by atoms with E-state index in [1.54, 1.807) is 0 Å². The zero-order valence-electron chi connectivity index (χ0n) is 10.4. The van der Waals surface area contributed by atoms with E-state index in [2.05, 4.69) is 15.5 Å². The standard InChI is InChI=1S/C12H23N3OS/c16-12(10-11-2-1-3-13-11)14-4-5-15-6-8-17-9-7-15/h11,13H,1-10H2,(H,14,16). The Morgan fingerprint density at radius 2 is 2.24 bits per heavy atom. The molecule has 2 N–H and O–H groups in total. The lowest BCUT2D eigenvalue weighted by Crippen LogP contribution is -2.40. The Hall–Kier alpha value is -0.260. The molecule has 2 aliphatic rings. The molecule has 5 heteroatoms. The van der Waals surface area contributed by atoms with E-state index in [4.69, 9.17) is 0 Å². The average molecular weight is 257 g/mol. The normalized spacial score (nSPS) is 26.0. The Morgan fingerprint density at radius 3 is 2.94 bits per heavy atom. The van der Waals surface area contributed by atoms with E-state index in [0.29, 0.717) is 12.5 Å². The van der Waals surface area contributed by atoms with Crippen LogP contribution in [0.5, 0.6) is 0 Å². The van der Waals surface area contributed by atoms with Crippen LogP contribution in [0, 0.1) is 0 Å². The Morgan fingerprint density at radius 1 is 1.41 bits per heavy atom. The molecule has 1 atom stereocenters. The van der Waals surface area contributed by atoms with Gasteiger partial charge in [0, 0.05) is 50.1 Å². The highest BCUT2D eigenvalue weighted by atomic mass is 32.2. The highest BCUT2D eigenvalue weighted by Crippen LogP contribution is 2.09. The molecule has 0 bridgehead atoms. The van der Waals surface area contributed by atoms with E-state index >= 15 is 0 Å². The molecule has 0 aliphatic carbocycles. The molecule has 2 rings (SSSR count). The number of thioether (sulfide) groups is 1. The van der Waals surface area contributed by atoms with Crippen molar-refractivity contribution in [1.29, 1.82) is 0 Å². The maximum absolute atomic E-state index is 11.7. The quantitative estimate of drug-likeness (QED) is 0.743. The molecule has 2 saturated heterocycles. The van der Waals surface area contributed by atoms with Gasteiger partial charge < -0.3 is 10.6 Å². The second-order valence-corrected chi connectivity index (χ2v) is 6.03. The van der Waals surface area contributed by atoms with Crippen LogP contribution in [0.1, 0.15) is 19.3 Å². The summed E-state index contributed by atoms with van der Waals surface area (Å²) in [6, 6.07) is 0.418. The van der Waals surface area contributed by atoms with Crippen LogP contribution in [0.2, 0.25) is 0 Å². The molecule has 98 valence electrons. The third kappa shape index (κ3) is 4.85. The third-order valence-corrected chi connectivity index (χ3v) is 4.39. The molecule has 17 heavy (non-hydrogen) atoms. The van der Waals surface area contributed by atoms with Gasteiger partial charge in [0.1, 0.15) is 0 Å². The van der Waals surface area contributed by atoms with Gasteiger partial charge in [0.05, 0.1) is 0 Å². The topological polar surface area (TPSA) is 44.4 Å². The number of nitrogens with zero attached hydrogens (tertiary/aromatic N) is 1. The van der Waals surface area contributed by atoms with E-state index in [-0.39, 0.29) is 5.91 Å². The highest BCUT2D eigenvalue weighted by Gasteiger charge is 2.17. The number of carbonyl (C=O) groups is 1. The Bertz CT molecular complexity index is 238. The van der Waals surface area contributed by atoms with Crippen molar-refractivity contribution in [2.75, 3.05) is 44.2 Å². The van der Waals surface area contributed by atoms with Crippen molar-refractivity contribution in [3.8, 4) is 0 Å². The first-order valence-electron chi connectivity index (χ1n) is 6.65. The third-order valence-electron chi connectivity index (χ3n) is 3.45. The Balaban J connectivity index is 1.53. The van der Waals surface area contributed by atoms with Gasteiger partial charge >= 0.3 is 0 Å². The van der Waals surface area contributed by atoms with Crippen molar-refractivity contribution < 1.29 is 4.79 Å². The molecule has 0 aromatic rings. The van der Waals surface area contributed by atoms with Crippen molar-refractivity contribution in [1.82, 2.24) is 15.5 Å². The predicted octanol–water partition coefficient (Wildman–Crippen LogP) is 0.294. The lowest BCUT2D eigenvalue weighted by molar-refractivity contribution is -0.121. The van der Waals surface area contributed by atoms with Gasteiger partial charge in [0.25, 0.3) is 0 Å². The van der Waals surface area contributed by atoms with Crippen molar-refractivity contribution in [3.63, 3.8) is 0 Å². The number of amides is 1. The molecule has 2 heterocycles. The first-order chi connectivity index (χ1) is 8.34. The van der Waals surface area contributed by atoms with Gasteiger partial charge in [-0.3, -0.25) is 9.69 Å². The first-order valence-corrected chi connectivity index (χ1v) is 7.80. The van der Waals surface area contributed by atoms with E-state index in [1.807, 2.05) is 11.8 Å². The van der Waals surface area contributed by atoms with Crippen LogP contribution < -0.4 is 10.6 Å². The monoisotopic (exact) mass is 257 g/mol. The molecule has 1 unspecified atom stereocenters. The van der Waals surface area contributed by atoms with Gasteiger partial charge in [0.15, 0.2) is 0 Å². The van der Waals surface area contributed by atoms with Crippen LogP contribution in [0.15, 0.2) is 0 Å². The van der Waals surface area contributed by atoms with E-state index in [0.717, 1.165) is 26.1 Å². The highest BCUT2D eigenvalue weighted by molar-refractivity contribution is 7.99. The Kier molecular flexibility index (Phi) is 5.61. The summed E-state index contributed by atoms with van der Waals surface area (Å²) in [5, 5.41) is 6.38. The predicted molar refractivity (Wildman–Crippen MR) is 72.4 cm³/mol. The van der Waals surface area contributed by atoms with Crippen LogP contribution in [-0.2, 0) is 4.79 Å². The number of rotatable bonds is 5. The van der Waals surface area contributed by atoms with Gasteiger partial charge in [-0.15, -0.1) is 0 Å². The molecular weight excluding hydrogens is 234 g/mol. The van der Waals surface area contributed by atoms with Gasteiger partial charge in [-0.25, -0.2) is 0 Å². The van der Waals surface area contributed by atoms with Crippen molar-refractivity contribution >= 4 is 17.7 Å². The fraction of sp³-hybridized carbons (Fsp3) is 0.917. The SMILES string of the molecule is O=C(CC1CCCN1)NCCN1CCSCC1. The summed E-state index contributed by atoms with van der Waals surface area (Å²) < 4.78 is 0. The summed E-state index contributed by atoms with van der Waals surface area (Å²) >= 11 is 2.02. The molecular formula is C12H23N3OS. The number of carbonyl (C=O) groups excluding carboxylic acids is 1. The molecule has 1 amide bonds. The summed E-state index contributed by atoms with van der Waals surface area (Å²) in [5.74, 6) is 2.68. The summed E-state index contributed by atoms with van der Waals surface area (Å²) in [4.78, 5) is 14.1. The van der Waals surface area contributed by atoms with Crippen LogP contribution in [0.25, 0.3) is 0 Å². The molecule has 0 radical (unpaired) electrons.